The highest BCUT2D eigenvalue weighted by atomic mass is 16.6. The van der Waals surface area contributed by atoms with E-state index in [1.54, 1.807) is 18.2 Å². The molecule has 2 aromatic carbocycles. The number of benzene rings is 2. The zero-order valence-electron chi connectivity index (χ0n) is 20.3. The standard InChI is InChI=1S/C27H23N3O8/c1-37-21-12-18(30(35)36)7-8-20(21)28-13-16(10-22(28)31)27(34)38-19-4-2-3-17(11-19)29-25(32)23-14-5-6-15(9-14)24(23)26(29)33/h2-8,11-12,14-16,23-24H,9-10,13H2,1H3/t14-,15-,16+,23+,24+/m0/s1. The highest BCUT2D eigenvalue weighted by Gasteiger charge is 2.59. The number of carbonyl (C=O) groups is 4. The molecule has 2 aliphatic carbocycles. The van der Waals surface area contributed by atoms with Gasteiger partial charge < -0.3 is 14.4 Å². The average molecular weight is 517 g/mol. The molecule has 2 aromatic rings. The van der Waals surface area contributed by atoms with E-state index in [-0.39, 0.29) is 71.5 Å². The van der Waals surface area contributed by atoms with E-state index in [9.17, 15) is 29.3 Å². The molecule has 2 heterocycles. The van der Waals surface area contributed by atoms with Crippen molar-refractivity contribution < 1.29 is 33.6 Å². The average Bonchev–Trinajstić information content (AvgIpc) is 3.67. The van der Waals surface area contributed by atoms with E-state index >= 15 is 0 Å². The maximum absolute atomic E-state index is 13.1. The Balaban J connectivity index is 1.17. The number of hydrogen-bond acceptors (Lipinski definition) is 8. The molecule has 3 amide bonds. The quantitative estimate of drug-likeness (QED) is 0.142. The molecule has 2 bridgehead atoms. The zero-order valence-corrected chi connectivity index (χ0v) is 20.3. The molecule has 38 heavy (non-hydrogen) atoms. The molecule has 194 valence electrons. The first-order valence-electron chi connectivity index (χ1n) is 12.3. The van der Waals surface area contributed by atoms with Crippen LogP contribution in [-0.4, -0.2) is 42.3 Å². The van der Waals surface area contributed by atoms with Crippen molar-refractivity contribution in [2.24, 2.45) is 29.6 Å². The Morgan fingerprint density at radius 2 is 1.74 bits per heavy atom. The number of nitro groups is 1. The molecule has 3 fully saturated rings. The van der Waals surface area contributed by atoms with Crippen molar-refractivity contribution in [3.05, 3.63) is 64.7 Å². The van der Waals surface area contributed by atoms with Crippen molar-refractivity contribution in [1.29, 1.82) is 0 Å². The lowest BCUT2D eigenvalue weighted by atomic mass is 9.85. The summed E-state index contributed by atoms with van der Waals surface area (Å²) in [7, 11) is 1.34. The number of imide groups is 1. The third-order valence-electron chi connectivity index (χ3n) is 7.89. The molecule has 11 heteroatoms. The van der Waals surface area contributed by atoms with E-state index in [0.717, 1.165) is 6.42 Å². The van der Waals surface area contributed by atoms with Gasteiger partial charge in [-0.1, -0.05) is 18.2 Å². The van der Waals surface area contributed by atoms with Gasteiger partial charge in [0.25, 0.3) is 5.69 Å². The lowest BCUT2D eigenvalue weighted by molar-refractivity contribution is -0.384. The van der Waals surface area contributed by atoms with Gasteiger partial charge in [0, 0.05) is 25.1 Å². The number of amides is 3. The van der Waals surface area contributed by atoms with Crippen molar-refractivity contribution in [3.63, 3.8) is 0 Å². The number of methoxy groups -OCH3 is 1. The minimum atomic E-state index is -0.790. The summed E-state index contributed by atoms with van der Waals surface area (Å²) in [5.74, 6) is -2.44. The first kappa shape index (κ1) is 23.8. The van der Waals surface area contributed by atoms with Gasteiger partial charge in [-0.3, -0.25) is 29.3 Å². The largest absolute Gasteiger partial charge is 0.494 e. The van der Waals surface area contributed by atoms with Crippen LogP contribution in [0, 0.1) is 39.7 Å². The predicted octanol–water partition coefficient (Wildman–Crippen LogP) is 2.87. The molecule has 2 saturated heterocycles. The van der Waals surface area contributed by atoms with Crippen LogP contribution < -0.4 is 19.3 Å². The van der Waals surface area contributed by atoms with E-state index in [2.05, 4.69) is 0 Å². The number of nitro benzene ring substituents is 1. The van der Waals surface area contributed by atoms with Gasteiger partial charge >= 0.3 is 5.97 Å². The van der Waals surface area contributed by atoms with E-state index in [0.29, 0.717) is 11.4 Å². The highest BCUT2D eigenvalue weighted by Crippen LogP contribution is 2.53. The number of rotatable bonds is 6. The van der Waals surface area contributed by atoms with Crippen LogP contribution in [0.2, 0.25) is 0 Å². The van der Waals surface area contributed by atoms with Crippen LogP contribution in [0.4, 0.5) is 17.1 Å². The van der Waals surface area contributed by atoms with Crippen molar-refractivity contribution in [3.8, 4) is 11.5 Å². The number of carbonyl (C=O) groups excluding carboxylic acids is 4. The summed E-state index contributed by atoms with van der Waals surface area (Å²) in [4.78, 5) is 65.0. The SMILES string of the molecule is COc1cc([N+](=O)[O-])ccc1N1C[C@H](C(=O)Oc2cccc(N3C(=O)[C@H]4[C@H](C3=O)[C@H]3C=C[C@H]4C3)c2)CC1=O. The first-order valence-corrected chi connectivity index (χ1v) is 12.3. The number of non-ortho nitro benzene ring substituents is 1. The third-order valence-corrected chi connectivity index (χ3v) is 7.89. The molecule has 0 aromatic heterocycles. The fraction of sp³-hybridized carbons (Fsp3) is 0.333. The minimum absolute atomic E-state index is 0.00770. The fourth-order valence-corrected chi connectivity index (χ4v) is 6.14. The predicted molar refractivity (Wildman–Crippen MR) is 132 cm³/mol. The minimum Gasteiger partial charge on any atom is -0.494 e. The number of hydrogen-bond donors (Lipinski definition) is 0. The van der Waals surface area contributed by atoms with Crippen LogP contribution in [0.25, 0.3) is 0 Å². The summed E-state index contributed by atoms with van der Waals surface area (Å²) >= 11 is 0. The van der Waals surface area contributed by atoms with Gasteiger partial charge in [-0.05, 0) is 36.5 Å². The van der Waals surface area contributed by atoms with Gasteiger partial charge in [-0.2, -0.15) is 0 Å². The van der Waals surface area contributed by atoms with Gasteiger partial charge in [-0.25, -0.2) is 4.90 Å². The Labute approximate surface area is 216 Å². The summed E-state index contributed by atoms with van der Waals surface area (Å²) in [6, 6.07) is 10.2. The highest BCUT2D eigenvalue weighted by molar-refractivity contribution is 6.22. The normalized spacial score (nSPS) is 27.3. The molecule has 0 N–H and O–H groups in total. The van der Waals surface area contributed by atoms with Crippen LogP contribution in [0.15, 0.2) is 54.6 Å². The lowest BCUT2D eigenvalue weighted by Crippen LogP contribution is -2.32. The molecule has 0 unspecified atom stereocenters. The number of fused-ring (bicyclic) bond motifs is 5. The Morgan fingerprint density at radius 1 is 1.03 bits per heavy atom. The Hall–Kier alpha value is -4.54. The Bertz CT molecular complexity index is 1410. The van der Waals surface area contributed by atoms with Crippen LogP contribution in [0.5, 0.6) is 11.5 Å². The van der Waals surface area contributed by atoms with E-state index in [1.165, 1.54) is 41.2 Å². The van der Waals surface area contributed by atoms with E-state index < -0.39 is 16.8 Å². The third kappa shape index (κ3) is 3.65. The topological polar surface area (TPSA) is 136 Å². The second-order valence-electron chi connectivity index (χ2n) is 9.95. The fourth-order valence-electron chi connectivity index (χ4n) is 6.14. The number of anilines is 2. The van der Waals surface area contributed by atoms with Gasteiger partial charge in [0.15, 0.2) is 0 Å². The number of ether oxygens (including phenoxy) is 2. The van der Waals surface area contributed by atoms with Gasteiger partial charge in [0.2, 0.25) is 17.7 Å². The second kappa shape index (κ2) is 8.79. The van der Waals surface area contributed by atoms with Gasteiger partial charge in [0.05, 0.1) is 47.2 Å². The Kier molecular flexibility index (Phi) is 5.51. The van der Waals surface area contributed by atoms with Gasteiger partial charge in [-0.15, -0.1) is 0 Å². The Morgan fingerprint density at radius 3 is 2.39 bits per heavy atom. The molecule has 11 nitrogen and oxygen atoms in total. The molecule has 0 spiro atoms. The maximum atomic E-state index is 13.1. The van der Waals surface area contributed by atoms with Crippen molar-refractivity contribution >= 4 is 40.8 Å². The van der Waals surface area contributed by atoms with Crippen LogP contribution >= 0.6 is 0 Å². The number of esters is 1. The zero-order chi connectivity index (χ0) is 26.7. The summed E-state index contributed by atoms with van der Waals surface area (Å²) in [6.45, 7) is 0.00770. The van der Waals surface area contributed by atoms with Crippen LogP contribution in [0.1, 0.15) is 12.8 Å². The van der Waals surface area contributed by atoms with Crippen molar-refractivity contribution in [2.75, 3.05) is 23.5 Å². The van der Waals surface area contributed by atoms with E-state index in [1.807, 2.05) is 12.2 Å². The lowest BCUT2D eigenvalue weighted by Gasteiger charge is -2.19. The molecule has 4 aliphatic rings. The monoisotopic (exact) mass is 517 g/mol. The smallest absolute Gasteiger partial charge is 0.316 e. The molecule has 5 atom stereocenters. The molecule has 0 radical (unpaired) electrons. The summed E-state index contributed by atoms with van der Waals surface area (Å²) in [6.07, 6.45) is 4.77. The molecule has 6 rings (SSSR count). The number of allylic oxidation sites excluding steroid dienone is 2. The summed E-state index contributed by atoms with van der Waals surface area (Å²) in [5.41, 5.74) is 0.481. The van der Waals surface area contributed by atoms with Gasteiger partial charge in [0.1, 0.15) is 11.5 Å². The number of nitrogens with zero attached hydrogens (tertiary/aromatic N) is 3. The molecular weight excluding hydrogens is 494 g/mol. The molecular formula is C27H23N3O8. The van der Waals surface area contributed by atoms with Crippen LogP contribution in [0.3, 0.4) is 0 Å². The molecule has 2 aliphatic heterocycles. The summed E-state index contributed by atoms with van der Waals surface area (Å²) in [5, 5.41) is 11.1. The second-order valence-corrected chi connectivity index (χ2v) is 9.95. The van der Waals surface area contributed by atoms with E-state index in [4.69, 9.17) is 9.47 Å². The van der Waals surface area contributed by atoms with Crippen molar-refractivity contribution in [2.45, 2.75) is 12.8 Å². The summed E-state index contributed by atoms with van der Waals surface area (Å²) < 4.78 is 10.8. The first-order chi connectivity index (χ1) is 18.3. The molecule has 1 saturated carbocycles. The van der Waals surface area contributed by atoms with Crippen molar-refractivity contribution in [1.82, 2.24) is 0 Å². The maximum Gasteiger partial charge on any atom is 0.316 e. The van der Waals surface area contributed by atoms with Crippen LogP contribution in [-0.2, 0) is 19.2 Å².